The lowest BCUT2D eigenvalue weighted by Crippen LogP contribution is -2.18. The largest absolute Gasteiger partial charge is 0.467 e. The van der Waals surface area contributed by atoms with Crippen LogP contribution < -0.4 is 15.0 Å². The van der Waals surface area contributed by atoms with Gasteiger partial charge >= 0.3 is 6.01 Å². The molecule has 2 rings (SSSR count). The number of rotatable bonds is 4. The minimum atomic E-state index is -0.382. The lowest BCUT2D eigenvalue weighted by molar-refractivity contribution is 0.0995. The summed E-state index contributed by atoms with van der Waals surface area (Å²) in [5, 5.41) is 2.70. The average Bonchev–Trinajstić information content (AvgIpc) is 2.85. The van der Waals surface area contributed by atoms with Gasteiger partial charge in [-0.3, -0.25) is 4.79 Å². The Labute approximate surface area is 124 Å². The summed E-state index contributed by atoms with van der Waals surface area (Å²) >= 11 is 3.15. The first-order valence-corrected chi connectivity index (χ1v) is 6.45. The van der Waals surface area contributed by atoms with E-state index in [4.69, 9.17) is 9.15 Å². The molecule has 0 atom stereocenters. The summed E-state index contributed by atoms with van der Waals surface area (Å²) in [7, 11) is 5.09. The van der Waals surface area contributed by atoms with Crippen LogP contribution in [0.2, 0.25) is 0 Å². The first kappa shape index (κ1) is 14.3. The van der Waals surface area contributed by atoms with Gasteiger partial charge in [-0.15, -0.1) is 0 Å². The van der Waals surface area contributed by atoms with Crippen LogP contribution in [0.15, 0.2) is 27.4 Å². The molecule has 0 aliphatic heterocycles. The Morgan fingerprint density at radius 1 is 1.45 bits per heavy atom. The number of hydrogen-bond donors (Lipinski definition) is 1. The second kappa shape index (κ2) is 5.91. The zero-order valence-corrected chi connectivity index (χ0v) is 12.8. The zero-order chi connectivity index (χ0) is 14.7. The van der Waals surface area contributed by atoms with Gasteiger partial charge in [-0.2, -0.15) is 4.98 Å². The summed E-state index contributed by atoms with van der Waals surface area (Å²) in [6.07, 6.45) is 1.48. The van der Waals surface area contributed by atoms with Crippen LogP contribution in [-0.2, 0) is 0 Å². The van der Waals surface area contributed by atoms with Gasteiger partial charge < -0.3 is 19.4 Å². The van der Waals surface area contributed by atoms with Crippen LogP contribution in [-0.4, -0.2) is 37.1 Å². The molecule has 0 aliphatic carbocycles. The van der Waals surface area contributed by atoms with Gasteiger partial charge in [0, 0.05) is 14.1 Å². The molecule has 8 heteroatoms. The van der Waals surface area contributed by atoms with E-state index in [2.05, 4.69) is 31.2 Å². The molecule has 0 spiro atoms. The normalized spacial score (nSPS) is 10.2. The molecule has 2 aromatic heterocycles. The third-order valence-corrected chi connectivity index (χ3v) is 2.82. The Balaban J connectivity index is 2.26. The summed E-state index contributed by atoms with van der Waals surface area (Å²) in [6, 6.07) is 3.44. The molecule has 0 bridgehead atoms. The van der Waals surface area contributed by atoms with E-state index in [0.29, 0.717) is 16.2 Å². The van der Waals surface area contributed by atoms with Crippen molar-refractivity contribution >= 4 is 33.3 Å². The van der Waals surface area contributed by atoms with E-state index in [1.807, 2.05) is 0 Å². The van der Waals surface area contributed by atoms with E-state index in [1.165, 1.54) is 13.3 Å². The number of carbonyl (C=O) groups excluding carboxylic acids is 1. The summed E-state index contributed by atoms with van der Waals surface area (Å²) in [6.45, 7) is 0. The number of hydrogen-bond acceptors (Lipinski definition) is 6. The molecule has 7 nitrogen and oxygen atoms in total. The topological polar surface area (TPSA) is 80.5 Å². The molecule has 2 aromatic rings. The lowest BCUT2D eigenvalue weighted by atomic mass is 10.4. The van der Waals surface area contributed by atoms with Crippen molar-refractivity contribution < 1.29 is 13.9 Å². The van der Waals surface area contributed by atoms with Crippen LogP contribution in [0.5, 0.6) is 6.01 Å². The zero-order valence-electron chi connectivity index (χ0n) is 11.2. The predicted octanol–water partition coefficient (Wildman–Crippen LogP) is 2.16. The Bertz CT molecular complexity index is 627. The van der Waals surface area contributed by atoms with Gasteiger partial charge in [0.25, 0.3) is 5.91 Å². The molecule has 0 fully saturated rings. The number of aromatic nitrogens is 2. The second-order valence-electron chi connectivity index (χ2n) is 4.05. The van der Waals surface area contributed by atoms with E-state index in [9.17, 15) is 4.79 Å². The summed E-state index contributed by atoms with van der Waals surface area (Å²) in [4.78, 5) is 21.9. The van der Waals surface area contributed by atoms with Gasteiger partial charge in [-0.25, -0.2) is 4.98 Å². The number of amides is 1. The third kappa shape index (κ3) is 3.08. The van der Waals surface area contributed by atoms with Gasteiger partial charge in [0.1, 0.15) is 5.69 Å². The molecule has 1 N–H and O–H groups in total. The fraction of sp³-hybridized carbons (Fsp3) is 0.250. The smallest absolute Gasteiger partial charge is 0.318 e. The van der Waals surface area contributed by atoms with Crippen LogP contribution in [0.25, 0.3) is 0 Å². The number of carbonyl (C=O) groups is 1. The quantitative estimate of drug-likeness (QED) is 0.918. The Morgan fingerprint density at radius 3 is 2.75 bits per heavy atom. The fourth-order valence-electron chi connectivity index (χ4n) is 1.50. The van der Waals surface area contributed by atoms with Crippen LogP contribution >= 0.6 is 15.9 Å². The number of halogens is 1. The highest BCUT2D eigenvalue weighted by molar-refractivity contribution is 9.10. The van der Waals surface area contributed by atoms with Crippen LogP contribution in [0, 0.1) is 0 Å². The summed E-state index contributed by atoms with van der Waals surface area (Å²) < 4.78 is 10.6. The molecular weight excluding hydrogens is 328 g/mol. The molecule has 1 amide bonds. The summed E-state index contributed by atoms with van der Waals surface area (Å²) in [5.74, 6) is 0.348. The monoisotopic (exact) mass is 340 g/mol. The van der Waals surface area contributed by atoms with Gasteiger partial charge in [0.05, 0.1) is 13.3 Å². The van der Waals surface area contributed by atoms with Crippen molar-refractivity contribution in [1.29, 1.82) is 0 Å². The molecule has 0 aliphatic rings. The van der Waals surface area contributed by atoms with Gasteiger partial charge in [-0.05, 0) is 28.1 Å². The minimum absolute atomic E-state index is 0.192. The maximum atomic E-state index is 12.0. The molecule has 0 aromatic carbocycles. The minimum Gasteiger partial charge on any atom is -0.467 e. The first-order valence-electron chi connectivity index (χ1n) is 5.66. The van der Waals surface area contributed by atoms with Crippen LogP contribution in [0.4, 0.5) is 11.5 Å². The number of methoxy groups -OCH3 is 1. The number of nitrogens with one attached hydrogen (secondary N) is 1. The summed E-state index contributed by atoms with van der Waals surface area (Å²) in [5.41, 5.74) is 0.466. The molecule has 0 saturated heterocycles. The van der Waals surface area contributed by atoms with Crippen molar-refractivity contribution in [3.05, 3.63) is 28.8 Å². The molecular formula is C12H13BrN4O3. The van der Waals surface area contributed by atoms with Crippen molar-refractivity contribution in [2.45, 2.75) is 0 Å². The van der Waals surface area contributed by atoms with Crippen LogP contribution in [0.3, 0.4) is 0 Å². The van der Waals surface area contributed by atoms with Crippen molar-refractivity contribution in [1.82, 2.24) is 9.97 Å². The maximum absolute atomic E-state index is 12.0. The third-order valence-electron chi connectivity index (χ3n) is 2.40. The average molecular weight is 341 g/mol. The van der Waals surface area contributed by atoms with E-state index in [1.54, 1.807) is 31.1 Å². The van der Waals surface area contributed by atoms with Crippen LogP contribution in [0.1, 0.15) is 10.6 Å². The standard InChI is InChI=1S/C12H13BrN4O3/c1-17(2)10-7(6-14-12(16-10)19-3)15-11(18)8-4-5-9(13)20-8/h4-6H,1-3H3,(H,15,18). The maximum Gasteiger partial charge on any atom is 0.318 e. The SMILES string of the molecule is COc1ncc(NC(=O)c2ccc(Br)o2)c(N(C)C)n1. The number of anilines is 2. The van der Waals surface area contributed by atoms with Gasteiger partial charge in [0.2, 0.25) is 0 Å². The van der Waals surface area contributed by atoms with E-state index < -0.39 is 0 Å². The lowest BCUT2D eigenvalue weighted by Gasteiger charge is -2.16. The second-order valence-corrected chi connectivity index (χ2v) is 4.83. The molecule has 0 unspecified atom stereocenters. The Hall–Kier alpha value is -2.09. The van der Waals surface area contributed by atoms with Crippen molar-refractivity contribution in [3.8, 4) is 6.01 Å². The van der Waals surface area contributed by atoms with E-state index in [-0.39, 0.29) is 17.7 Å². The number of ether oxygens (including phenoxy) is 1. The first-order chi connectivity index (χ1) is 9.51. The highest BCUT2D eigenvalue weighted by Crippen LogP contribution is 2.24. The van der Waals surface area contributed by atoms with Crippen molar-refractivity contribution in [3.63, 3.8) is 0 Å². The molecule has 0 saturated carbocycles. The molecule has 0 radical (unpaired) electrons. The van der Waals surface area contributed by atoms with E-state index >= 15 is 0 Å². The Kier molecular flexibility index (Phi) is 4.23. The molecule has 2 heterocycles. The number of furan rings is 1. The highest BCUT2D eigenvalue weighted by atomic mass is 79.9. The molecule has 106 valence electrons. The van der Waals surface area contributed by atoms with Gasteiger partial charge in [-0.1, -0.05) is 0 Å². The van der Waals surface area contributed by atoms with Gasteiger partial charge in [0.15, 0.2) is 16.2 Å². The van der Waals surface area contributed by atoms with Crippen molar-refractivity contribution in [2.24, 2.45) is 0 Å². The fourth-order valence-corrected chi connectivity index (χ4v) is 1.81. The molecule has 20 heavy (non-hydrogen) atoms. The number of nitrogens with zero attached hydrogens (tertiary/aromatic N) is 3. The van der Waals surface area contributed by atoms with Crippen molar-refractivity contribution in [2.75, 3.05) is 31.4 Å². The highest BCUT2D eigenvalue weighted by Gasteiger charge is 2.16. The Morgan fingerprint density at radius 2 is 2.20 bits per heavy atom. The predicted molar refractivity (Wildman–Crippen MR) is 77.3 cm³/mol. The van der Waals surface area contributed by atoms with E-state index in [0.717, 1.165) is 0 Å².